The van der Waals surface area contributed by atoms with Gasteiger partial charge in [0.1, 0.15) is 0 Å². The summed E-state index contributed by atoms with van der Waals surface area (Å²) in [6.45, 7) is 0. The van der Waals surface area contributed by atoms with Crippen molar-refractivity contribution in [2.45, 2.75) is 0 Å². The van der Waals surface area contributed by atoms with Gasteiger partial charge in [-0.2, -0.15) is 5.26 Å². The minimum atomic E-state index is -0.945. The molecule has 2 N–H and O–H groups in total. The number of hydrogen-bond acceptors (Lipinski definition) is 3. The van der Waals surface area contributed by atoms with Crippen molar-refractivity contribution in [3.63, 3.8) is 0 Å². The highest BCUT2D eigenvalue weighted by atomic mass is 16.4. The van der Waals surface area contributed by atoms with Gasteiger partial charge in [0.15, 0.2) is 0 Å². The van der Waals surface area contributed by atoms with Gasteiger partial charge < -0.3 is 10.4 Å². The van der Waals surface area contributed by atoms with E-state index in [0.717, 1.165) is 11.4 Å². The van der Waals surface area contributed by atoms with E-state index in [2.05, 4.69) is 5.32 Å². The zero-order valence-corrected chi connectivity index (χ0v) is 9.42. The monoisotopic (exact) mass is 238 g/mol. The number of nitriles is 1. The van der Waals surface area contributed by atoms with Crippen molar-refractivity contribution in [2.75, 3.05) is 5.32 Å². The molecule has 0 heterocycles. The van der Waals surface area contributed by atoms with Gasteiger partial charge >= 0.3 is 5.97 Å². The Labute approximate surface area is 104 Å². The molecule has 88 valence electrons. The van der Waals surface area contributed by atoms with Crippen LogP contribution in [0.4, 0.5) is 11.4 Å². The van der Waals surface area contributed by atoms with Gasteiger partial charge in [0.25, 0.3) is 0 Å². The zero-order chi connectivity index (χ0) is 13.0. The van der Waals surface area contributed by atoms with Crippen LogP contribution in [0.2, 0.25) is 0 Å². The molecule has 0 spiro atoms. The maximum atomic E-state index is 10.7. The van der Waals surface area contributed by atoms with Crippen molar-refractivity contribution in [1.82, 2.24) is 0 Å². The Kier molecular flexibility index (Phi) is 3.26. The van der Waals surface area contributed by atoms with Crippen LogP contribution >= 0.6 is 0 Å². The van der Waals surface area contributed by atoms with Gasteiger partial charge in [-0.3, -0.25) is 0 Å². The fourth-order valence-corrected chi connectivity index (χ4v) is 1.49. The molecule has 0 aromatic heterocycles. The smallest absolute Gasteiger partial charge is 0.335 e. The molecule has 0 aliphatic carbocycles. The van der Waals surface area contributed by atoms with Gasteiger partial charge in [0.05, 0.1) is 17.2 Å². The highest BCUT2D eigenvalue weighted by Crippen LogP contribution is 2.17. The van der Waals surface area contributed by atoms with Crippen LogP contribution in [0, 0.1) is 11.3 Å². The van der Waals surface area contributed by atoms with E-state index < -0.39 is 5.97 Å². The van der Waals surface area contributed by atoms with E-state index in [0.29, 0.717) is 5.56 Å². The summed E-state index contributed by atoms with van der Waals surface area (Å²) >= 11 is 0. The van der Waals surface area contributed by atoms with Crippen molar-refractivity contribution >= 4 is 17.3 Å². The molecule has 0 fully saturated rings. The SMILES string of the molecule is N#Cc1ccc(Nc2ccc(C(=O)O)cc2)cc1. The first-order chi connectivity index (χ1) is 8.69. The highest BCUT2D eigenvalue weighted by molar-refractivity contribution is 5.88. The minimum absolute atomic E-state index is 0.250. The number of anilines is 2. The standard InChI is InChI=1S/C14H10N2O2/c15-9-10-1-5-12(6-2-10)16-13-7-3-11(4-8-13)14(17)18/h1-8,16H,(H,17,18). The lowest BCUT2D eigenvalue weighted by Gasteiger charge is -2.06. The number of carboxylic acid groups (broad SMARTS) is 1. The predicted molar refractivity (Wildman–Crippen MR) is 67.8 cm³/mol. The Balaban J connectivity index is 2.13. The van der Waals surface area contributed by atoms with Gasteiger partial charge in [-0.15, -0.1) is 0 Å². The molecule has 2 rings (SSSR count). The summed E-state index contributed by atoms with van der Waals surface area (Å²) in [5, 5.41) is 20.6. The molecule has 0 amide bonds. The lowest BCUT2D eigenvalue weighted by Crippen LogP contribution is -1.96. The highest BCUT2D eigenvalue weighted by Gasteiger charge is 2.01. The lowest BCUT2D eigenvalue weighted by molar-refractivity contribution is 0.0697. The van der Waals surface area contributed by atoms with E-state index in [4.69, 9.17) is 10.4 Å². The third-order valence-corrected chi connectivity index (χ3v) is 2.43. The topological polar surface area (TPSA) is 73.1 Å². The van der Waals surface area contributed by atoms with Crippen molar-refractivity contribution in [3.05, 3.63) is 59.7 Å². The molecular formula is C14H10N2O2. The zero-order valence-electron chi connectivity index (χ0n) is 9.42. The second-order valence-corrected chi connectivity index (χ2v) is 3.70. The Morgan fingerprint density at radius 3 is 1.94 bits per heavy atom. The fourth-order valence-electron chi connectivity index (χ4n) is 1.49. The van der Waals surface area contributed by atoms with E-state index in [-0.39, 0.29) is 5.56 Å². The number of aromatic carboxylic acids is 1. The van der Waals surface area contributed by atoms with Crippen LogP contribution in [0.3, 0.4) is 0 Å². The summed E-state index contributed by atoms with van der Waals surface area (Å²) in [6, 6.07) is 15.5. The third kappa shape index (κ3) is 2.66. The average molecular weight is 238 g/mol. The molecule has 18 heavy (non-hydrogen) atoms. The largest absolute Gasteiger partial charge is 0.478 e. The summed E-state index contributed by atoms with van der Waals surface area (Å²) in [4.78, 5) is 10.7. The van der Waals surface area contributed by atoms with E-state index in [1.54, 1.807) is 36.4 Å². The molecule has 0 saturated carbocycles. The van der Waals surface area contributed by atoms with Crippen LogP contribution in [0.5, 0.6) is 0 Å². The molecule has 0 aliphatic heterocycles. The molecule has 2 aromatic rings. The first-order valence-electron chi connectivity index (χ1n) is 5.29. The summed E-state index contributed by atoms with van der Waals surface area (Å²) in [5.74, 6) is -0.945. The molecular weight excluding hydrogens is 228 g/mol. The summed E-state index contributed by atoms with van der Waals surface area (Å²) < 4.78 is 0. The molecule has 0 aliphatic rings. The van der Waals surface area contributed by atoms with Crippen LogP contribution in [0.25, 0.3) is 0 Å². The quantitative estimate of drug-likeness (QED) is 0.862. The second-order valence-electron chi connectivity index (χ2n) is 3.70. The van der Waals surface area contributed by atoms with E-state index in [1.807, 2.05) is 6.07 Å². The first kappa shape index (κ1) is 11.7. The number of carbonyl (C=O) groups is 1. The van der Waals surface area contributed by atoms with Crippen molar-refractivity contribution in [3.8, 4) is 6.07 Å². The van der Waals surface area contributed by atoms with E-state index >= 15 is 0 Å². The summed E-state index contributed by atoms with van der Waals surface area (Å²) in [5.41, 5.74) is 2.49. The van der Waals surface area contributed by atoms with Gasteiger partial charge in [-0.05, 0) is 48.5 Å². The summed E-state index contributed by atoms with van der Waals surface area (Å²) in [7, 11) is 0. The van der Waals surface area contributed by atoms with E-state index in [1.165, 1.54) is 12.1 Å². The number of nitrogens with one attached hydrogen (secondary N) is 1. The molecule has 4 heteroatoms. The molecule has 2 aromatic carbocycles. The Morgan fingerprint density at radius 1 is 1.00 bits per heavy atom. The van der Waals surface area contributed by atoms with Crippen LogP contribution < -0.4 is 5.32 Å². The Bertz CT molecular complexity index is 595. The van der Waals surface area contributed by atoms with Crippen molar-refractivity contribution < 1.29 is 9.90 Å². The Hall–Kier alpha value is -2.80. The number of carboxylic acids is 1. The third-order valence-electron chi connectivity index (χ3n) is 2.43. The molecule has 0 bridgehead atoms. The van der Waals surface area contributed by atoms with Crippen LogP contribution in [0.15, 0.2) is 48.5 Å². The molecule has 0 unspecified atom stereocenters. The normalized spacial score (nSPS) is 9.50. The average Bonchev–Trinajstić information content (AvgIpc) is 2.40. The van der Waals surface area contributed by atoms with Crippen LogP contribution in [0.1, 0.15) is 15.9 Å². The van der Waals surface area contributed by atoms with Crippen molar-refractivity contribution in [1.29, 1.82) is 5.26 Å². The Morgan fingerprint density at radius 2 is 1.50 bits per heavy atom. The van der Waals surface area contributed by atoms with Crippen LogP contribution in [-0.2, 0) is 0 Å². The fraction of sp³-hybridized carbons (Fsp3) is 0. The number of benzene rings is 2. The molecule has 0 atom stereocenters. The van der Waals surface area contributed by atoms with Gasteiger partial charge in [-0.1, -0.05) is 0 Å². The first-order valence-corrected chi connectivity index (χ1v) is 5.29. The maximum Gasteiger partial charge on any atom is 0.335 e. The molecule has 0 saturated heterocycles. The molecule has 0 radical (unpaired) electrons. The number of rotatable bonds is 3. The predicted octanol–water partition coefficient (Wildman–Crippen LogP) is 3.00. The number of nitrogens with zero attached hydrogens (tertiary/aromatic N) is 1. The van der Waals surface area contributed by atoms with Crippen LogP contribution in [-0.4, -0.2) is 11.1 Å². The van der Waals surface area contributed by atoms with Gasteiger partial charge in [0, 0.05) is 11.4 Å². The summed E-state index contributed by atoms with van der Waals surface area (Å²) in [6.07, 6.45) is 0. The minimum Gasteiger partial charge on any atom is -0.478 e. The number of hydrogen-bond donors (Lipinski definition) is 2. The lowest BCUT2D eigenvalue weighted by atomic mass is 10.2. The molecule has 4 nitrogen and oxygen atoms in total. The van der Waals surface area contributed by atoms with Gasteiger partial charge in [0.2, 0.25) is 0 Å². The van der Waals surface area contributed by atoms with Crippen molar-refractivity contribution in [2.24, 2.45) is 0 Å². The van der Waals surface area contributed by atoms with Gasteiger partial charge in [-0.25, -0.2) is 4.79 Å². The maximum absolute atomic E-state index is 10.7. The second kappa shape index (κ2) is 5.02. The van der Waals surface area contributed by atoms with E-state index in [9.17, 15) is 4.79 Å².